The summed E-state index contributed by atoms with van der Waals surface area (Å²) in [4.78, 5) is 26.9. The van der Waals surface area contributed by atoms with E-state index in [0.29, 0.717) is 30.6 Å². The van der Waals surface area contributed by atoms with Crippen LogP contribution in [0.25, 0.3) is 0 Å². The molecule has 4 N–H and O–H groups in total. The summed E-state index contributed by atoms with van der Waals surface area (Å²) in [6, 6.07) is 6.96. The molecule has 3 rings (SSSR count). The van der Waals surface area contributed by atoms with Crippen LogP contribution in [0, 0.1) is 17.8 Å². The van der Waals surface area contributed by atoms with Gasteiger partial charge in [-0.1, -0.05) is 69.7 Å². The van der Waals surface area contributed by atoms with Gasteiger partial charge in [-0.15, -0.1) is 0 Å². The maximum absolute atomic E-state index is 13.6. The van der Waals surface area contributed by atoms with Gasteiger partial charge in [-0.3, -0.25) is 0 Å². The topological polar surface area (TPSA) is 120 Å². The molecule has 10 heteroatoms. The van der Waals surface area contributed by atoms with Crippen molar-refractivity contribution in [3.05, 3.63) is 34.9 Å². The van der Waals surface area contributed by atoms with Gasteiger partial charge in [-0.2, -0.15) is 0 Å². The molecule has 0 bridgehead atoms. The van der Waals surface area contributed by atoms with Gasteiger partial charge in [-0.05, 0) is 48.8 Å². The molecule has 3 amide bonds. The van der Waals surface area contributed by atoms with E-state index in [9.17, 15) is 19.8 Å². The number of amides is 3. The highest BCUT2D eigenvalue weighted by molar-refractivity contribution is 6.30. The number of likely N-dealkylation sites (tertiary alicyclic amines) is 1. The quantitative estimate of drug-likeness (QED) is 0.230. The maximum atomic E-state index is 13.6. The fraction of sp³-hybridized carbons (Fsp3) is 0.742. The summed E-state index contributed by atoms with van der Waals surface area (Å²) in [5.41, 5.74) is 0.927. The number of methoxy groups -OCH3 is 1. The molecule has 41 heavy (non-hydrogen) atoms. The highest BCUT2D eigenvalue weighted by Gasteiger charge is 2.34. The monoisotopic (exact) mass is 595 g/mol. The normalized spacial score (nSPS) is 21.1. The molecule has 0 spiro atoms. The van der Waals surface area contributed by atoms with E-state index in [2.05, 4.69) is 15.4 Å². The van der Waals surface area contributed by atoms with Crippen molar-refractivity contribution in [1.29, 1.82) is 0 Å². The Morgan fingerprint density at radius 3 is 2.54 bits per heavy atom. The van der Waals surface area contributed by atoms with E-state index in [-0.39, 0.29) is 37.0 Å². The second-order valence-electron chi connectivity index (χ2n) is 12.0. The van der Waals surface area contributed by atoms with Gasteiger partial charge >= 0.3 is 12.1 Å². The van der Waals surface area contributed by atoms with Gasteiger partial charge in [0.1, 0.15) is 0 Å². The van der Waals surface area contributed by atoms with Crippen LogP contribution in [0.5, 0.6) is 0 Å². The predicted octanol–water partition coefficient (Wildman–Crippen LogP) is 5.28. The number of ether oxygens (including phenoxy) is 2. The average molecular weight is 596 g/mol. The first-order chi connectivity index (χ1) is 19.7. The molecule has 9 nitrogen and oxygen atoms in total. The van der Waals surface area contributed by atoms with Crippen LogP contribution in [0.2, 0.25) is 5.02 Å². The van der Waals surface area contributed by atoms with Crippen LogP contribution in [-0.2, 0) is 9.47 Å². The van der Waals surface area contributed by atoms with Crippen LogP contribution in [0.15, 0.2) is 24.3 Å². The number of aliphatic hydroxyl groups excluding tert-OH is 2. The summed E-state index contributed by atoms with van der Waals surface area (Å²) in [5, 5.41) is 28.0. The molecule has 1 aliphatic carbocycles. The van der Waals surface area contributed by atoms with E-state index in [0.717, 1.165) is 37.7 Å². The number of urea groups is 1. The number of nitrogens with zero attached hydrogens (tertiary/aromatic N) is 1. The first kappa shape index (κ1) is 33.4. The van der Waals surface area contributed by atoms with Crippen molar-refractivity contribution in [1.82, 2.24) is 15.5 Å². The molecule has 0 aromatic heterocycles. The molecule has 1 saturated carbocycles. The Kier molecular flexibility index (Phi) is 14.0. The van der Waals surface area contributed by atoms with Gasteiger partial charge in [0.05, 0.1) is 38.1 Å². The van der Waals surface area contributed by atoms with Crippen LogP contribution in [-0.4, -0.2) is 78.8 Å². The number of benzene rings is 1. The number of carbonyl (C=O) groups excluding carboxylic acids is 2. The summed E-state index contributed by atoms with van der Waals surface area (Å²) >= 11 is 6.31. The molecule has 0 radical (unpaired) electrons. The zero-order chi connectivity index (χ0) is 29.8. The molecular formula is C31H50ClN3O6. The lowest BCUT2D eigenvalue weighted by molar-refractivity contribution is -0.00962. The third kappa shape index (κ3) is 10.9. The van der Waals surface area contributed by atoms with Crippen LogP contribution in [0.3, 0.4) is 0 Å². The number of halogens is 1. The first-order valence-electron chi connectivity index (χ1n) is 15.3. The lowest BCUT2D eigenvalue weighted by Crippen LogP contribution is -2.53. The Bertz CT molecular complexity index is 944. The Morgan fingerprint density at radius 1 is 1.10 bits per heavy atom. The molecule has 1 saturated heterocycles. The van der Waals surface area contributed by atoms with Gasteiger partial charge < -0.3 is 35.2 Å². The standard InChI is InChI=1S/C31H50ClN3O6/c1-21(2)27(36)19-28(37)26(17-22-9-5-4-6-10-22)34-30(38)35-15-8-12-24(20-35)29(23-11-7-13-25(32)18-23)41-16-14-33-31(39)40-3/h7,11,13,18,21-22,24,26-29,36-37H,4-6,8-10,12,14-17,19-20H2,1-3H3,(H,33,39)(H,34,38)/t24?,26-,27-,28-,29?/m0/s1. The molecular weight excluding hydrogens is 546 g/mol. The van der Waals surface area contributed by atoms with Crippen molar-refractivity contribution in [3.8, 4) is 0 Å². The van der Waals surface area contributed by atoms with Gasteiger partial charge in [0.15, 0.2) is 0 Å². The van der Waals surface area contributed by atoms with Crippen LogP contribution >= 0.6 is 11.6 Å². The molecule has 232 valence electrons. The maximum Gasteiger partial charge on any atom is 0.406 e. The number of piperidine rings is 1. The summed E-state index contributed by atoms with van der Waals surface area (Å²) in [5.74, 6) is 0.522. The number of hydrogen-bond acceptors (Lipinski definition) is 6. The van der Waals surface area contributed by atoms with Gasteiger partial charge in [0.25, 0.3) is 0 Å². The number of alkyl carbamates (subject to hydrolysis) is 1. The van der Waals surface area contributed by atoms with Gasteiger partial charge in [0.2, 0.25) is 0 Å². The highest BCUT2D eigenvalue weighted by Crippen LogP contribution is 2.34. The summed E-state index contributed by atoms with van der Waals surface area (Å²) in [6.45, 7) is 5.56. The zero-order valence-corrected chi connectivity index (χ0v) is 25.7. The molecule has 1 aliphatic heterocycles. The van der Waals surface area contributed by atoms with Gasteiger partial charge in [-0.25, -0.2) is 9.59 Å². The molecule has 2 unspecified atom stereocenters. The fourth-order valence-electron chi connectivity index (χ4n) is 6.07. The molecule has 5 atom stereocenters. The SMILES string of the molecule is COC(=O)NCCOC(c1cccc(Cl)c1)C1CCCN(C(=O)N[C@@H](CC2CCCCC2)[C@@H](O)C[C@H](O)C(C)C)C1. The van der Waals surface area contributed by atoms with E-state index in [4.69, 9.17) is 16.3 Å². The van der Waals surface area contributed by atoms with E-state index in [1.54, 1.807) is 0 Å². The lowest BCUT2D eigenvalue weighted by atomic mass is 9.82. The minimum atomic E-state index is -0.816. The van der Waals surface area contributed by atoms with Crippen LogP contribution in [0.1, 0.15) is 83.3 Å². The van der Waals surface area contributed by atoms with E-state index < -0.39 is 24.3 Å². The minimum absolute atomic E-state index is 0.0237. The van der Waals surface area contributed by atoms with Crippen molar-refractivity contribution in [2.45, 2.75) is 96.0 Å². The smallest absolute Gasteiger partial charge is 0.406 e. The largest absolute Gasteiger partial charge is 0.453 e. The highest BCUT2D eigenvalue weighted by atomic mass is 35.5. The van der Waals surface area contributed by atoms with E-state index >= 15 is 0 Å². The number of nitrogens with one attached hydrogen (secondary N) is 2. The lowest BCUT2D eigenvalue weighted by Gasteiger charge is -2.39. The Hall–Kier alpha value is -2.07. The third-order valence-corrected chi connectivity index (χ3v) is 8.78. The Morgan fingerprint density at radius 2 is 1.85 bits per heavy atom. The van der Waals surface area contributed by atoms with Crippen molar-refractivity contribution in [2.24, 2.45) is 17.8 Å². The molecule has 1 heterocycles. The average Bonchev–Trinajstić information content (AvgIpc) is 2.97. The molecule has 1 aromatic rings. The summed E-state index contributed by atoms with van der Waals surface area (Å²) < 4.78 is 10.9. The zero-order valence-electron chi connectivity index (χ0n) is 24.9. The van der Waals surface area contributed by atoms with Crippen molar-refractivity contribution in [3.63, 3.8) is 0 Å². The van der Waals surface area contributed by atoms with Gasteiger partial charge in [0, 0.05) is 37.0 Å². The van der Waals surface area contributed by atoms with Crippen LogP contribution in [0.4, 0.5) is 9.59 Å². The number of hydrogen-bond donors (Lipinski definition) is 4. The summed E-state index contributed by atoms with van der Waals surface area (Å²) in [7, 11) is 1.32. The van der Waals surface area contributed by atoms with Crippen LogP contribution < -0.4 is 10.6 Å². The predicted molar refractivity (Wildman–Crippen MR) is 160 cm³/mol. The minimum Gasteiger partial charge on any atom is -0.453 e. The van der Waals surface area contributed by atoms with Crippen molar-refractivity contribution in [2.75, 3.05) is 33.4 Å². The van der Waals surface area contributed by atoms with Crippen molar-refractivity contribution >= 4 is 23.7 Å². The Labute approximate surface area is 250 Å². The fourth-order valence-corrected chi connectivity index (χ4v) is 6.27. The molecule has 2 aliphatic rings. The van der Waals surface area contributed by atoms with E-state index in [1.165, 1.54) is 26.4 Å². The number of rotatable bonds is 13. The molecule has 1 aromatic carbocycles. The summed E-state index contributed by atoms with van der Waals surface area (Å²) in [6.07, 6.45) is 6.22. The second-order valence-corrected chi connectivity index (χ2v) is 12.5. The molecule has 2 fully saturated rings. The first-order valence-corrected chi connectivity index (χ1v) is 15.7. The second kappa shape index (κ2) is 17.1. The van der Waals surface area contributed by atoms with Crippen molar-refractivity contribution < 1.29 is 29.3 Å². The number of carbonyl (C=O) groups is 2. The number of aliphatic hydroxyl groups is 2. The van der Waals surface area contributed by atoms with E-state index in [1.807, 2.05) is 43.0 Å². The Balaban J connectivity index is 1.68. The third-order valence-electron chi connectivity index (χ3n) is 8.54.